The summed E-state index contributed by atoms with van der Waals surface area (Å²) in [6.07, 6.45) is -0.817. The van der Waals surface area contributed by atoms with Gasteiger partial charge in [-0.05, 0) is 17.8 Å². The largest absolute Gasteiger partial charge is 0.387 e. The van der Waals surface area contributed by atoms with Gasteiger partial charge in [-0.25, -0.2) is 13.9 Å². The molecule has 2 aromatic carbocycles. The maximum absolute atomic E-state index is 11.9. The molecule has 0 radical (unpaired) electrons. The number of aliphatic imine (C=N–C) groups is 1. The van der Waals surface area contributed by atoms with Gasteiger partial charge in [-0.1, -0.05) is 60.7 Å². The maximum Gasteiger partial charge on any atom is 0.363 e. The first kappa shape index (κ1) is 20.7. The highest BCUT2D eigenvalue weighted by Gasteiger charge is 2.18. The monoisotopic (exact) mass is 390 g/mol. The Hall–Kier alpha value is -2.59. The van der Waals surface area contributed by atoms with Gasteiger partial charge >= 0.3 is 10.3 Å². The molecule has 0 saturated heterocycles. The van der Waals surface area contributed by atoms with Gasteiger partial charge in [-0.3, -0.25) is 10.3 Å². The van der Waals surface area contributed by atoms with Crippen molar-refractivity contribution < 1.29 is 17.7 Å². The van der Waals surface area contributed by atoms with Gasteiger partial charge in [0.1, 0.15) is 6.73 Å². The summed E-state index contributed by atoms with van der Waals surface area (Å²) >= 11 is 0. The van der Waals surface area contributed by atoms with Crippen LogP contribution in [0.2, 0.25) is 0 Å². The van der Waals surface area contributed by atoms with Crippen LogP contribution in [0.25, 0.3) is 0 Å². The van der Waals surface area contributed by atoms with E-state index in [2.05, 4.69) is 11.7 Å². The van der Waals surface area contributed by atoms with Crippen molar-refractivity contribution in [1.82, 2.24) is 9.62 Å². The van der Waals surface area contributed by atoms with Crippen molar-refractivity contribution in [1.29, 1.82) is 5.41 Å². The lowest BCUT2D eigenvalue weighted by Crippen LogP contribution is -2.36. The molecule has 0 aliphatic heterocycles. The van der Waals surface area contributed by atoms with Crippen LogP contribution in [0, 0.1) is 5.41 Å². The van der Waals surface area contributed by atoms with Crippen molar-refractivity contribution in [2.75, 3.05) is 13.3 Å². The second-order valence-electron chi connectivity index (χ2n) is 5.73. The molecule has 0 heterocycles. The summed E-state index contributed by atoms with van der Waals surface area (Å²) in [6.45, 7) is 3.29. The molecule has 2 rings (SSSR count). The molecule has 9 heteroatoms. The molecular formula is C18H22N4O4S. The van der Waals surface area contributed by atoms with Crippen molar-refractivity contribution in [3.05, 3.63) is 71.8 Å². The summed E-state index contributed by atoms with van der Waals surface area (Å²) in [5, 5.41) is 17.7. The third-order valence-corrected chi connectivity index (χ3v) is 4.49. The lowest BCUT2D eigenvalue weighted by molar-refractivity contribution is 0.0594. The third-order valence-electron chi connectivity index (χ3n) is 3.63. The van der Waals surface area contributed by atoms with E-state index >= 15 is 0 Å². The average Bonchev–Trinajstić information content (AvgIpc) is 2.67. The van der Waals surface area contributed by atoms with Crippen molar-refractivity contribution in [3.63, 3.8) is 0 Å². The Morgan fingerprint density at radius 2 is 1.78 bits per heavy atom. The van der Waals surface area contributed by atoms with Gasteiger partial charge in [0.25, 0.3) is 0 Å². The van der Waals surface area contributed by atoms with E-state index in [0.717, 1.165) is 5.56 Å². The maximum atomic E-state index is 11.9. The number of rotatable bonds is 9. The summed E-state index contributed by atoms with van der Waals surface area (Å²) in [5.74, 6) is -0.631. The van der Waals surface area contributed by atoms with E-state index in [1.165, 1.54) is 0 Å². The first-order valence-corrected chi connectivity index (χ1v) is 9.52. The van der Waals surface area contributed by atoms with Crippen LogP contribution in [0.15, 0.2) is 65.7 Å². The zero-order chi connectivity index (χ0) is 19.7. The molecule has 0 aliphatic carbocycles. The van der Waals surface area contributed by atoms with Crippen LogP contribution in [-0.4, -0.2) is 44.4 Å². The number of hydrogen-bond donors (Lipinski definition) is 3. The van der Waals surface area contributed by atoms with Gasteiger partial charge in [0.05, 0.1) is 6.10 Å². The predicted octanol–water partition coefficient (Wildman–Crippen LogP) is 1.67. The molecular weight excluding hydrogens is 368 g/mol. The quantitative estimate of drug-likeness (QED) is 0.342. The fraction of sp³-hybridized carbons (Fsp3) is 0.222. The Morgan fingerprint density at radius 3 is 2.37 bits per heavy atom. The molecule has 0 unspecified atom stereocenters. The summed E-state index contributed by atoms with van der Waals surface area (Å²) in [4.78, 5) is 4.82. The van der Waals surface area contributed by atoms with E-state index in [1.54, 1.807) is 17.0 Å². The van der Waals surface area contributed by atoms with Crippen molar-refractivity contribution in [2.45, 2.75) is 12.6 Å². The van der Waals surface area contributed by atoms with Gasteiger partial charge in [0.15, 0.2) is 0 Å². The third kappa shape index (κ3) is 7.27. The molecule has 1 atom stereocenters. The predicted molar refractivity (Wildman–Crippen MR) is 104 cm³/mol. The first-order chi connectivity index (χ1) is 12.9. The molecule has 0 spiro atoms. The number of guanidine groups is 1. The Morgan fingerprint density at radius 1 is 1.19 bits per heavy atom. The minimum Gasteiger partial charge on any atom is -0.387 e. The average molecular weight is 390 g/mol. The van der Waals surface area contributed by atoms with Crippen LogP contribution in [0.3, 0.4) is 0 Å². The molecule has 0 saturated carbocycles. The van der Waals surface area contributed by atoms with E-state index in [9.17, 15) is 13.5 Å². The molecule has 0 aromatic heterocycles. The minimum absolute atomic E-state index is 0.158. The number of nitrogens with one attached hydrogen (secondary N) is 2. The Labute approximate surface area is 158 Å². The van der Waals surface area contributed by atoms with E-state index in [4.69, 9.17) is 9.59 Å². The van der Waals surface area contributed by atoms with Crippen LogP contribution in [0.1, 0.15) is 17.2 Å². The van der Waals surface area contributed by atoms with Crippen LogP contribution in [-0.2, 0) is 21.0 Å². The number of nitrogens with zero attached hydrogens (tertiary/aromatic N) is 2. The highest BCUT2D eigenvalue weighted by molar-refractivity contribution is 7.85. The number of aliphatic hydroxyl groups excluding tert-OH is 1. The highest BCUT2D eigenvalue weighted by Crippen LogP contribution is 2.16. The summed E-state index contributed by atoms with van der Waals surface area (Å²) in [6, 6.07) is 18.5. The number of benzene rings is 2. The fourth-order valence-electron chi connectivity index (χ4n) is 2.35. The zero-order valence-electron chi connectivity index (χ0n) is 14.7. The smallest absolute Gasteiger partial charge is 0.363 e. The van der Waals surface area contributed by atoms with E-state index in [0.29, 0.717) is 12.1 Å². The van der Waals surface area contributed by atoms with Crippen molar-refractivity contribution >= 4 is 23.0 Å². The summed E-state index contributed by atoms with van der Waals surface area (Å²) < 4.78 is 30.5. The molecule has 0 amide bonds. The van der Waals surface area contributed by atoms with E-state index in [1.807, 2.05) is 53.3 Å². The SMILES string of the molecule is C=NC(=N)NS(=O)(=O)OCN(Cc1ccccc1)C[C@H](O)c1ccccc1. The van der Waals surface area contributed by atoms with Crippen LogP contribution < -0.4 is 4.72 Å². The van der Waals surface area contributed by atoms with Crippen molar-refractivity contribution in [3.8, 4) is 0 Å². The topological polar surface area (TPSA) is 115 Å². The van der Waals surface area contributed by atoms with Gasteiger partial charge in [0.2, 0.25) is 5.96 Å². The van der Waals surface area contributed by atoms with Crippen LogP contribution in [0.5, 0.6) is 0 Å². The molecule has 8 nitrogen and oxygen atoms in total. The standard InChI is InChI=1S/C18H22N4O4S/c1-20-18(19)21-27(24,25)26-14-22(12-15-8-4-2-5-9-15)13-17(23)16-10-6-3-7-11-16/h2-11,17,23H,1,12-14H2,(H2,19,21)/t17-/m0/s1. The second kappa shape index (κ2) is 9.93. The first-order valence-electron chi connectivity index (χ1n) is 8.11. The van der Waals surface area contributed by atoms with Crippen molar-refractivity contribution in [2.24, 2.45) is 4.99 Å². The number of hydrogen-bond acceptors (Lipinski definition) is 6. The van der Waals surface area contributed by atoms with E-state index in [-0.39, 0.29) is 13.3 Å². The molecule has 144 valence electrons. The Balaban J connectivity index is 2.07. The summed E-state index contributed by atoms with van der Waals surface area (Å²) in [7, 11) is -4.21. The zero-order valence-corrected chi connectivity index (χ0v) is 15.5. The van der Waals surface area contributed by atoms with Gasteiger partial charge < -0.3 is 5.11 Å². The van der Waals surface area contributed by atoms with Gasteiger partial charge in [-0.2, -0.15) is 8.42 Å². The minimum atomic E-state index is -4.21. The van der Waals surface area contributed by atoms with Gasteiger partial charge in [-0.15, -0.1) is 0 Å². The van der Waals surface area contributed by atoms with Crippen LogP contribution >= 0.6 is 0 Å². The molecule has 3 N–H and O–H groups in total. The van der Waals surface area contributed by atoms with Gasteiger partial charge in [0, 0.05) is 13.1 Å². The highest BCUT2D eigenvalue weighted by atomic mass is 32.2. The Bertz CT molecular complexity index is 844. The Kier molecular flexibility index (Phi) is 7.62. The van der Waals surface area contributed by atoms with Crippen LogP contribution in [0.4, 0.5) is 0 Å². The summed E-state index contributed by atoms with van der Waals surface area (Å²) in [5.41, 5.74) is 1.65. The molecule has 2 aromatic rings. The fourth-order valence-corrected chi connectivity index (χ4v) is 3.00. The molecule has 0 bridgehead atoms. The number of aliphatic hydroxyl groups is 1. The second-order valence-corrected chi connectivity index (χ2v) is 7.08. The van der Waals surface area contributed by atoms with E-state index < -0.39 is 22.4 Å². The lowest BCUT2D eigenvalue weighted by Gasteiger charge is -2.25. The normalized spacial score (nSPS) is 12.5. The lowest BCUT2D eigenvalue weighted by atomic mass is 10.1. The molecule has 27 heavy (non-hydrogen) atoms. The molecule has 0 fully saturated rings. The molecule has 0 aliphatic rings.